The fraction of sp³-hybridized carbons (Fsp3) is 0.629. The fourth-order valence-electron chi connectivity index (χ4n) is 18.5. The van der Waals surface area contributed by atoms with Crippen molar-refractivity contribution in [3.8, 4) is 5.75 Å². The van der Waals surface area contributed by atoms with Gasteiger partial charge in [-0.25, -0.2) is 0 Å². The molecule has 10 rings (SSSR count). The van der Waals surface area contributed by atoms with Crippen molar-refractivity contribution in [3.63, 3.8) is 0 Å². The van der Waals surface area contributed by atoms with Crippen LogP contribution in [0.5, 0.6) is 5.75 Å². The van der Waals surface area contributed by atoms with Crippen molar-refractivity contribution in [1.29, 1.82) is 0 Å². The number of rotatable bonds is 36. The van der Waals surface area contributed by atoms with E-state index in [9.17, 15) is 4.79 Å². The van der Waals surface area contributed by atoms with Crippen molar-refractivity contribution >= 4 is 76.4 Å². The summed E-state index contributed by atoms with van der Waals surface area (Å²) in [7, 11) is -14.6. The molecule has 5 heterocycles. The summed E-state index contributed by atoms with van der Waals surface area (Å²) in [4.78, 5) is 14.8. The van der Waals surface area contributed by atoms with Crippen molar-refractivity contribution in [1.82, 2.24) is 0 Å². The number of fused-ring (bicyclic) bond motifs is 1. The minimum Gasteiger partial charge on any atom is -0.497 e. The molecule has 5 aliphatic heterocycles. The fourth-order valence-corrected chi connectivity index (χ4v) is 33.0. The monoisotopic (exact) mass is 1820 g/mol. The Bertz CT molecular complexity index is 4230. The maximum absolute atomic E-state index is 14.8. The second kappa shape index (κ2) is 41.2. The Labute approximate surface area is 763 Å². The zero-order valence-corrected chi connectivity index (χ0v) is 88.5. The van der Waals surface area contributed by atoms with Crippen LogP contribution < -0.4 is 25.5 Å². The Kier molecular flexibility index (Phi) is 33.8. The van der Waals surface area contributed by atoms with E-state index in [0.717, 1.165) is 48.1 Å². The topological polar surface area (TPSA) is 137 Å². The van der Waals surface area contributed by atoms with Crippen LogP contribution in [0.25, 0.3) is 0 Å². The highest BCUT2D eigenvalue weighted by Crippen LogP contribution is 2.51. The van der Waals surface area contributed by atoms with Crippen LogP contribution in [0.2, 0.25) is 82.6 Å². The van der Waals surface area contributed by atoms with Crippen molar-refractivity contribution in [2.24, 2.45) is 11.8 Å². The van der Waals surface area contributed by atoms with Crippen molar-refractivity contribution in [2.75, 3.05) is 13.7 Å². The lowest BCUT2D eigenvalue weighted by Gasteiger charge is -2.56. The molecule has 5 saturated heterocycles. The summed E-state index contributed by atoms with van der Waals surface area (Å²) in [5, 5.41) is 3.85. The lowest BCUT2D eigenvalue weighted by Crippen LogP contribution is -2.70. The first-order valence-electron chi connectivity index (χ1n) is 47.1. The Hall–Kier alpha value is -4.65. The predicted octanol–water partition coefficient (Wildman–Crippen LogP) is 23.5. The van der Waals surface area contributed by atoms with Crippen LogP contribution in [-0.4, -0.2) is 167 Å². The van der Waals surface area contributed by atoms with Gasteiger partial charge in [0, 0.05) is 31.8 Å². The van der Waals surface area contributed by atoms with Gasteiger partial charge in [0.05, 0.1) is 93.1 Å². The average molecular weight is 1820 g/mol. The molecule has 18 atom stereocenters. The highest BCUT2D eigenvalue weighted by Gasteiger charge is 2.61. The van der Waals surface area contributed by atoms with E-state index in [-0.39, 0.29) is 109 Å². The van der Waals surface area contributed by atoms with Gasteiger partial charge in [0.1, 0.15) is 24.1 Å². The first-order valence-corrected chi connectivity index (χ1v) is 62.6. The van der Waals surface area contributed by atoms with Gasteiger partial charge in [0.15, 0.2) is 39.1 Å². The predicted molar refractivity (Wildman–Crippen MR) is 531 cm³/mol. The van der Waals surface area contributed by atoms with E-state index < -0.39 is 86.5 Å². The normalized spacial score (nSPS) is 27.2. The molecule has 5 fully saturated rings. The summed E-state index contributed by atoms with van der Waals surface area (Å²) in [5.74, 6) is 0.867. The summed E-state index contributed by atoms with van der Waals surface area (Å²) in [6, 6.07) is 52.0. The molecule has 0 amide bonds. The molecule has 0 radical (unpaired) electrons. The molecular weight excluding hydrogens is 1650 g/mol. The Balaban J connectivity index is 0.893. The molecule has 0 unspecified atom stereocenters. The molecule has 125 heavy (non-hydrogen) atoms. The van der Waals surface area contributed by atoms with Crippen LogP contribution >= 0.6 is 0 Å². The van der Waals surface area contributed by atoms with Crippen molar-refractivity contribution in [3.05, 3.63) is 200 Å². The van der Waals surface area contributed by atoms with E-state index >= 15 is 0 Å². The van der Waals surface area contributed by atoms with Crippen LogP contribution in [0.1, 0.15) is 215 Å². The van der Waals surface area contributed by atoms with Gasteiger partial charge in [-0.3, -0.25) is 4.79 Å². The summed E-state index contributed by atoms with van der Waals surface area (Å²) in [5.41, 5.74) is 3.16. The summed E-state index contributed by atoms with van der Waals surface area (Å²) in [6.07, 6.45) is 6.70. The third-order valence-electron chi connectivity index (χ3n) is 30.1. The van der Waals surface area contributed by atoms with Gasteiger partial charge in [0.2, 0.25) is 0 Å². The third-order valence-corrected chi connectivity index (χ3v) is 58.1. The van der Waals surface area contributed by atoms with Crippen LogP contribution in [-0.2, 0) is 66.4 Å². The number of carbonyl (C=O) groups is 1. The molecule has 5 aromatic rings. The molecule has 0 N–H and O–H groups in total. The second-order valence-corrected chi connectivity index (χ2v) is 72.9. The second-order valence-electron chi connectivity index (χ2n) is 45.3. The molecule has 0 aromatic heterocycles. The van der Waals surface area contributed by atoms with E-state index in [1.807, 2.05) is 24.3 Å². The largest absolute Gasteiger partial charge is 0.497 e. The minimum absolute atomic E-state index is 0.00785. The summed E-state index contributed by atoms with van der Waals surface area (Å²) < 4.78 is 97.7. The lowest BCUT2D eigenvalue weighted by molar-refractivity contribution is -0.276. The highest BCUT2D eigenvalue weighted by atomic mass is 28.4. The molecule has 14 nitrogen and oxygen atoms in total. The van der Waals surface area contributed by atoms with Gasteiger partial charge in [-0.2, -0.15) is 0 Å². The quantitative estimate of drug-likeness (QED) is 0.0214. The highest BCUT2D eigenvalue weighted by molar-refractivity contribution is 7.00. The molecule has 5 aromatic carbocycles. The van der Waals surface area contributed by atoms with Gasteiger partial charge in [-0.05, 0) is 196 Å². The van der Waals surface area contributed by atoms with E-state index in [2.05, 4.69) is 337 Å². The van der Waals surface area contributed by atoms with Gasteiger partial charge < -0.3 is 59.7 Å². The number of ether oxygens (including phenoxy) is 7. The molecule has 5 aliphatic rings. The van der Waals surface area contributed by atoms with Crippen LogP contribution in [0.4, 0.5) is 0 Å². The number of methoxy groups -OCH3 is 1. The Morgan fingerprint density at radius 2 is 0.976 bits per heavy atom. The molecular formula is C105H164O14Si6. The Morgan fingerprint density at radius 1 is 0.488 bits per heavy atom. The number of carbonyl (C=O) groups excluding carboxylic acids is 1. The van der Waals surface area contributed by atoms with Gasteiger partial charge in [0.25, 0.3) is 16.6 Å². The molecule has 0 spiro atoms. The van der Waals surface area contributed by atoms with Gasteiger partial charge in [-0.1, -0.05) is 297 Å². The average Bonchev–Trinajstić information content (AvgIpc) is 0.996. The number of hydrogen-bond acceptors (Lipinski definition) is 14. The van der Waals surface area contributed by atoms with Crippen LogP contribution in [0, 0.1) is 11.8 Å². The number of allylic oxidation sites excluding steroid dienone is 2. The van der Waals surface area contributed by atoms with Crippen LogP contribution in [0.3, 0.4) is 0 Å². The molecule has 20 heteroatoms. The third kappa shape index (κ3) is 24.1. The maximum Gasteiger partial charge on any atom is 0.261 e. The van der Waals surface area contributed by atoms with E-state index in [0.29, 0.717) is 58.2 Å². The molecule has 0 aliphatic carbocycles. The van der Waals surface area contributed by atoms with E-state index in [4.69, 9.17) is 66.3 Å². The standard InChI is InChI=1S/C105H164O14Si6/c1-33-34-55-88-97(117-121(27,28)101(9,10)11)99(119-123(31,32)103(15,16)17)98(118-122(29,30)102(12,13)14)96(114-88)89(115-120(25,26)100(6,7)8)64-59-78(106)58-62-80-69-74(3)86(110-80)65-63-81-68-73(2)75(4)90(111-81)70-92-94(108-72-77-56-60-79(107-24)61-57-77)76(5)95-93(112-92)71-91(116-125(105(21,22)23,84-51-43-37-44-52-84)85-53-45-38-46-54-85)87(113-95)66-67-109-124(104(18,19)20,82-47-39-35-40-48-82)83-49-41-36-42-50-83/h33,35-54,56-57,59-61,64,73,76,80-81,86-99H,1,3-4,34,55,58,62-63,65-72H2,2,5-32H3/b64-59+/t73-,76-,80+,81+,86+,87-,88+,89+,90-,91-,92+,93+,94-,95+,96+,97+,98-,99+/m1/s1. The molecule has 0 bridgehead atoms. The van der Waals surface area contributed by atoms with Crippen molar-refractivity contribution in [2.45, 2.75) is 396 Å². The Morgan fingerprint density at radius 3 is 1.46 bits per heavy atom. The minimum atomic E-state index is -3.18. The van der Waals surface area contributed by atoms with Crippen LogP contribution in [0.15, 0.2) is 195 Å². The van der Waals surface area contributed by atoms with E-state index in [1.165, 1.54) is 20.7 Å². The first-order chi connectivity index (χ1) is 58.2. The van der Waals surface area contributed by atoms with Gasteiger partial charge in [-0.15, -0.1) is 6.58 Å². The van der Waals surface area contributed by atoms with Gasteiger partial charge >= 0.3 is 0 Å². The summed E-state index contributed by atoms with van der Waals surface area (Å²) in [6.45, 7) is 79.2. The first kappa shape index (κ1) is 102. The number of ketones is 1. The van der Waals surface area contributed by atoms with Crippen molar-refractivity contribution < 1.29 is 64.5 Å². The zero-order valence-electron chi connectivity index (χ0n) is 82.5. The molecule has 692 valence electrons. The number of benzene rings is 5. The maximum atomic E-state index is 14.8. The molecule has 0 saturated carbocycles. The summed E-state index contributed by atoms with van der Waals surface area (Å²) >= 11 is 0. The SMILES string of the molecule is C=CCC[C@@H]1O[C@@H]([C@H](/C=C/C(=O)CC[C@H]2CC(=C)[C@H](CC[C@H]3C[C@@H](C)C(=C)[C@@H](C[C@@H]4O[C@H]5C[C@@H](O[Si](c6ccccc6)(c6ccccc6)C(C)(C)C)[C@@H](CCO[Si](c6ccccc6)(c6ccccc6)C(C)(C)C)O[C@H]5[C@H](C)[C@H]4OCc4ccc(OC)cc4)O3)O2)O[Si](C)(C)C(C)(C)C)[C@@H](O[Si](C)(C)C(C)(C)C)[C@@H](O[Si](C)(C)C(C)(C)C)[C@H]1O[Si](C)(C)C(C)(C)C. The smallest absolute Gasteiger partial charge is 0.261 e. The van der Waals surface area contributed by atoms with E-state index in [1.54, 1.807) is 13.2 Å². The lowest BCUT2D eigenvalue weighted by atomic mass is 9.79. The number of hydrogen-bond donors (Lipinski definition) is 0. The zero-order chi connectivity index (χ0) is 92.1.